The highest BCUT2D eigenvalue weighted by atomic mass is 32.1. The highest BCUT2D eigenvalue weighted by Gasteiger charge is 2.39. The van der Waals surface area contributed by atoms with Crippen molar-refractivity contribution in [1.82, 2.24) is 14.9 Å². The van der Waals surface area contributed by atoms with Gasteiger partial charge in [0.2, 0.25) is 5.91 Å². The van der Waals surface area contributed by atoms with Crippen molar-refractivity contribution in [1.29, 1.82) is 5.26 Å². The van der Waals surface area contributed by atoms with Gasteiger partial charge in [-0.15, -0.1) is 11.3 Å². The molecule has 8 nitrogen and oxygen atoms in total. The Labute approximate surface area is 247 Å². The lowest BCUT2D eigenvalue weighted by molar-refractivity contribution is -0.137. The Bertz CT molecular complexity index is 1800. The smallest absolute Gasteiger partial charge is 0.417 e. The number of halogens is 5. The number of carbonyl (C=O) groups is 1. The number of nitrogens with two attached hydrogens (primary N) is 1. The Balaban J connectivity index is 1.80. The van der Waals surface area contributed by atoms with Crippen LogP contribution in [0.2, 0.25) is 0 Å². The number of hydrogen-bond donors (Lipinski definition) is 1. The number of amides is 1. The summed E-state index contributed by atoms with van der Waals surface area (Å²) >= 11 is 0.691. The lowest BCUT2D eigenvalue weighted by atomic mass is 9.92. The van der Waals surface area contributed by atoms with Gasteiger partial charge in [0.1, 0.15) is 28.2 Å². The van der Waals surface area contributed by atoms with Crippen LogP contribution in [-0.4, -0.2) is 53.6 Å². The third-order valence-corrected chi connectivity index (χ3v) is 8.63. The number of fused-ring (bicyclic) bond motifs is 2. The van der Waals surface area contributed by atoms with Gasteiger partial charge in [-0.1, -0.05) is 19.9 Å². The summed E-state index contributed by atoms with van der Waals surface area (Å²) in [5, 5.41) is 9.15. The van der Waals surface area contributed by atoms with Crippen molar-refractivity contribution in [2.75, 3.05) is 37.4 Å². The largest absolute Gasteiger partial charge is 0.467 e. The predicted octanol–water partition coefficient (Wildman–Crippen LogP) is 6.35. The van der Waals surface area contributed by atoms with Crippen LogP contribution in [0, 0.1) is 28.9 Å². The molecule has 0 radical (unpaired) electrons. The molecule has 2 aromatic carbocycles. The number of likely N-dealkylation sites (N-methyl/N-ethyl adjacent to an activating group) is 1. The third kappa shape index (κ3) is 5.05. The van der Waals surface area contributed by atoms with E-state index in [9.17, 15) is 27.6 Å². The molecule has 2 N–H and O–H groups in total. The molecule has 1 saturated heterocycles. The van der Waals surface area contributed by atoms with Gasteiger partial charge < -0.3 is 20.3 Å². The van der Waals surface area contributed by atoms with E-state index in [-0.39, 0.29) is 67.8 Å². The zero-order chi connectivity index (χ0) is 31.4. The Morgan fingerprint density at radius 3 is 2.63 bits per heavy atom. The molecule has 5 rings (SSSR count). The maximum Gasteiger partial charge on any atom is 0.417 e. The summed E-state index contributed by atoms with van der Waals surface area (Å²) in [7, 11) is 1.25. The van der Waals surface area contributed by atoms with Gasteiger partial charge in [0.15, 0.2) is 5.82 Å². The van der Waals surface area contributed by atoms with Crippen LogP contribution in [0.1, 0.15) is 38.3 Å². The molecule has 1 aliphatic rings. The van der Waals surface area contributed by atoms with Crippen molar-refractivity contribution in [2.24, 2.45) is 5.92 Å². The number of hydrogen-bond acceptors (Lipinski definition) is 8. The first-order valence-corrected chi connectivity index (χ1v) is 14.3. The number of thiophene rings is 1. The topological polar surface area (TPSA) is 108 Å². The fraction of sp³-hybridized carbons (Fsp3) is 0.379. The summed E-state index contributed by atoms with van der Waals surface area (Å²) in [6, 6.07) is 3.90. The summed E-state index contributed by atoms with van der Waals surface area (Å²) in [6.45, 7) is 6.41. The number of nitriles is 1. The maximum atomic E-state index is 16.6. The van der Waals surface area contributed by atoms with E-state index in [1.165, 1.54) is 7.11 Å². The third-order valence-electron chi connectivity index (χ3n) is 7.60. The summed E-state index contributed by atoms with van der Waals surface area (Å²) < 4.78 is 80.6. The number of ether oxygens (including phenoxy) is 1. The summed E-state index contributed by atoms with van der Waals surface area (Å²) in [6.07, 6.45) is -4.54. The number of nitrogens with zero attached hydrogens (tertiary/aromatic N) is 5. The molecule has 1 atom stereocenters. The van der Waals surface area contributed by atoms with Crippen molar-refractivity contribution >= 4 is 49.1 Å². The Kier molecular flexibility index (Phi) is 7.81. The van der Waals surface area contributed by atoms with Crippen LogP contribution in [0.5, 0.6) is 6.01 Å². The molecule has 4 aromatic rings. The number of anilines is 2. The summed E-state index contributed by atoms with van der Waals surface area (Å²) in [5.74, 6) is -2.40. The number of rotatable bonds is 6. The second kappa shape index (κ2) is 11.1. The molecule has 0 aliphatic carbocycles. The molecule has 2 aromatic heterocycles. The van der Waals surface area contributed by atoms with E-state index >= 15 is 4.39 Å². The molecule has 3 heterocycles. The number of aromatic nitrogens is 2. The lowest BCUT2D eigenvalue weighted by Crippen LogP contribution is -2.40. The summed E-state index contributed by atoms with van der Waals surface area (Å²) in [4.78, 5) is 24.5. The monoisotopic (exact) mass is 618 g/mol. The number of nitrogen functional groups attached to an aromatic ring is 1. The highest BCUT2D eigenvalue weighted by Crippen LogP contribution is 2.48. The van der Waals surface area contributed by atoms with E-state index in [0.29, 0.717) is 30.8 Å². The standard InChI is InChI=1S/C29H27F5N6O2S/c1-5-40(14-8-9-39(12-14)27(41)13(2)3)26-16-10-18(29(32,33)34)21(22(31)23(16)37-28(38-26)42-4)15-6-7-19(30)24-20(15)17(11-35)25(36)43-24/h6-7,10,13-14H,5,8-9,12,36H2,1-4H3. The van der Waals surface area contributed by atoms with Crippen LogP contribution in [0.3, 0.4) is 0 Å². The van der Waals surface area contributed by atoms with Crippen molar-refractivity contribution in [3.8, 4) is 23.2 Å². The predicted molar refractivity (Wildman–Crippen MR) is 154 cm³/mol. The molecule has 43 heavy (non-hydrogen) atoms. The van der Waals surface area contributed by atoms with Crippen LogP contribution in [0.15, 0.2) is 18.2 Å². The van der Waals surface area contributed by atoms with E-state index < -0.39 is 34.5 Å². The van der Waals surface area contributed by atoms with Crippen molar-refractivity contribution in [2.45, 2.75) is 39.4 Å². The molecule has 1 aliphatic heterocycles. The molecule has 0 bridgehead atoms. The van der Waals surface area contributed by atoms with Gasteiger partial charge in [-0.3, -0.25) is 4.79 Å². The van der Waals surface area contributed by atoms with Gasteiger partial charge in [0.05, 0.1) is 22.9 Å². The fourth-order valence-corrected chi connectivity index (χ4v) is 6.59. The van der Waals surface area contributed by atoms with E-state index in [0.717, 1.165) is 18.2 Å². The SMILES string of the molecule is CCN(c1nc(OC)nc2c(F)c(-c3ccc(F)c4sc(N)c(C#N)c34)c(C(F)(F)F)cc12)C1CCN(C(=O)C(C)C)C1. The summed E-state index contributed by atoms with van der Waals surface area (Å²) in [5.41, 5.74) is 2.59. The zero-order valence-electron chi connectivity index (χ0n) is 23.6. The molecule has 1 unspecified atom stereocenters. The van der Waals surface area contributed by atoms with E-state index in [4.69, 9.17) is 10.5 Å². The van der Waals surface area contributed by atoms with Gasteiger partial charge in [-0.2, -0.15) is 28.4 Å². The van der Waals surface area contributed by atoms with Gasteiger partial charge in [0.25, 0.3) is 0 Å². The molecule has 0 spiro atoms. The molecule has 1 fully saturated rings. The van der Waals surface area contributed by atoms with Crippen LogP contribution in [0.25, 0.3) is 32.1 Å². The second-order valence-electron chi connectivity index (χ2n) is 10.5. The van der Waals surface area contributed by atoms with Crippen LogP contribution in [-0.2, 0) is 11.0 Å². The first kappa shape index (κ1) is 30.2. The normalized spacial score (nSPS) is 15.5. The van der Waals surface area contributed by atoms with Gasteiger partial charge in [-0.25, -0.2) is 8.78 Å². The number of alkyl halides is 3. The minimum Gasteiger partial charge on any atom is -0.467 e. The Hall–Kier alpha value is -4.25. The zero-order valence-corrected chi connectivity index (χ0v) is 24.5. The minimum absolute atomic E-state index is 0.0193. The molecular weight excluding hydrogens is 591 g/mol. The first-order valence-electron chi connectivity index (χ1n) is 13.4. The number of likely N-dealkylation sites (tertiary alicyclic amines) is 1. The first-order chi connectivity index (χ1) is 20.3. The van der Waals surface area contributed by atoms with Gasteiger partial charge >= 0.3 is 12.2 Å². The quantitative estimate of drug-likeness (QED) is 0.251. The molecule has 0 saturated carbocycles. The number of methoxy groups -OCH3 is 1. The van der Waals surface area contributed by atoms with Crippen LogP contribution < -0.4 is 15.4 Å². The average molecular weight is 619 g/mol. The number of carbonyl (C=O) groups excluding carboxylic acids is 1. The van der Waals surface area contributed by atoms with Crippen molar-refractivity contribution in [3.63, 3.8) is 0 Å². The minimum atomic E-state index is -5.07. The number of benzene rings is 2. The maximum absolute atomic E-state index is 16.6. The molecule has 1 amide bonds. The Morgan fingerprint density at radius 2 is 2.02 bits per heavy atom. The van der Waals surface area contributed by atoms with Crippen molar-refractivity contribution < 1.29 is 31.5 Å². The molecule has 14 heteroatoms. The van der Waals surface area contributed by atoms with E-state index in [2.05, 4.69) is 9.97 Å². The van der Waals surface area contributed by atoms with Crippen molar-refractivity contribution in [3.05, 3.63) is 41.0 Å². The fourth-order valence-electron chi connectivity index (χ4n) is 5.64. The highest BCUT2D eigenvalue weighted by molar-refractivity contribution is 7.23. The molecule has 226 valence electrons. The van der Waals surface area contributed by atoms with Crippen LogP contribution >= 0.6 is 11.3 Å². The second-order valence-corrected chi connectivity index (χ2v) is 11.5. The average Bonchev–Trinajstić information content (AvgIpc) is 3.58. The molecular formula is C29H27F5N6O2S. The van der Waals surface area contributed by atoms with E-state index in [1.54, 1.807) is 36.6 Å². The van der Waals surface area contributed by atoms with Gasteiger partial charge in [0, 0.05) is 47.9 Å². The lowest BCUT2D eigenvalue weighted by Gasteiger charge is -2.30. The van der Waals surface area contributed by atoms with E-state index in [1.807, 2.05) is 0 Å². The van der Waals surface area contributed by atoms with Crippen LogP contribution in [0.4, 0.5) is 32.8 Å². The van der Waals surface area contributed by atoms with Gasteiger partial charge in [-0.05, 0) is 31.0 Å². The Morgan fingerprint density at radius 1 is 1.30 bits per heavy atom.